The van der Waals surface area contributed by atoms with Crippen LogP contribution in [0.3, 0.4) is 0 Å². The van der Waals surface area contributed by atoms with E-state index < -0.39 is 43.3 Å². The Balaban J connectivity index is 1.62. The minimum absolute atomic E-state index is 0.364. The number of allylic oxidation sites excluding steroid dienone is 1. The number of aromatic nitrogens is 1. The van der Waals surface area contributed by atoms with Gasteiger partial charge in [-0.25, -0.2) is 8.78 Å². The first kappa shape index (κ1) is 20.9. The highest BCUT2D eigenvalue weighted by molar-refractivity contribution is 5.99. The van der Waals surface area contributed by atoms with E-state index in [1.807, 2.05) is 6.08 Å². The molecule has 0 radical (unpaired) electrons. The van der Waals surface area contributed by atoms with E-state index in [1.165, 1.54) is 25.5 Å². The molecule has 1 saturated carbocycles. The number of amides is 2. The largest absolute Gasteiger partial charge is 0.343 e. The summed E-state index contributed by atoms with van der Waals surface area (Å²) < 4.78 is 27.0. The molecular weight excluding hydrogens is 378 g/mol. The topological polar surface area (TPSA) is 86.1 Å². The molecule has 2 heterocycles. The van der Waals surface area contributed by atoms with Crippen molar-refractivity contribution in [3.05, 3.63) is 35.7 Å². The number of alkyl halides is 2. The highest BCUT2D eigenvalue weighted by atomic mass is 19.3. The van der Waals surface area contributed by atoms with Gasteiger partial charge in [-0.3, -0.25) is 14.6 Å². The van der Waals surface area contributed by atoms with Gasteiger partial charge in [0.05, 0.1) is 19.2 Å². The van der Waals surface area contributed by atoms with Crippen LogP contribution in [0.2, 0.25) is 0 Å². The Morgan fingerprint density at radius 3 is 2.83 bits per heavy atom. The summed E-state index contributed by atoms with van der Waals surface area (Å²) in [6.07, 6.45) is 12.3. The maximum atomic E-state index is 13.5. The molecule has 1 saturated heterocycles. The third-order valence-corrected chi connectivity index (χ3v) is 5.43. The van der Waals surface area contributed by atoms with E-state index in [4.69, 9.17) is 5.26 Å². The normalized spacial score (nSPS) is 21.8. The number of nitrogens with one attached hydrogen (secondary N) is 1. The number of nitrogens with zero attached hydrogens (tertiary/aromatic N) is 3. The lowest BCUT2D eigenvalue weighted by molar-refractivity contribution is -0.131. The maximum absolute atomic E-state index is 13.5. The van der Waals surface area contributed by atoms with Crippen LogP contribution in [0.5, 0.6) is 0 Å². The predicted molar refractivity (Wildman–Crippen MR) is 103 cm³/mol. The van der Waals surface area contributed by atoms with Gasteiger partial charge in [-0.1, -0.05) is 31.4 Å². The average Bonchev–Trinajstić information content (AvgIpc) is 3.06. The summed E-state index contributed by atoms with van der Waals surface area (Å²) in [7, 11) is 0. The Labute approximate surface area is 168 Å². The van der Waals surface area contributed by atoms with Crippen molar-refractivity contribution in [2.45, 2.75) is 50.5 Å². The molecule has 154 valence electrons. The second-order valence-corrected chi connectivity index (χ2v) is 7.63. The van der Waals surface area contributed by atoms with E-state index in [1.54, 1.807) is 18.3 Å². The fourth-order valence-electron chi connectivity index (χ4n) is 3.86. The zero-order valence-electron chi connectivity index (χ0n) is 16.1. The van der Waals surface area contributed by atoms with Crippen LogP contribution >= 0.6 is 0 Å². The molecular formula is C21H24F2N4O2. The van der Waals surface area contributed by atoms with Gasteiger partial charge in [-0.05, 0) is 24.8 Å². The Morgan fingerprint density at radius 1 is 1.34 bits per heavy atom. The van der Waals surface area contributed by atoms with Gasteiger partial charge in [0.15, 0.2) is 0 Å². The molecule has 1 aliphatic carbocycles. The number of likely N-dealkylation sites (tertiary alicyclic amines) is 1. The van der Waals surface area contributed by atoms with Crippen LogP contribution in [0.25, 0.3) is 6.08 Å². The Hall–Kier alpha value is -2.82. The van der Waals surface area contributed by atoms with Crippen molar-refractivity contribution in [1.29, 1.82) is 5.26 Å². The third kappa shape index (κ3) is 5.37. The van der Waals surface area contributed by atoms with E-state index in [0.29, 0.717) is 17.0 Å². The van der Waals surface area contributed by atoms with E-state index >= 15 is 0 Å². The van der Waals surface area contributed by atoms with Crippen molar-refractivity contribution in [2.75, 3.05) is 13.1 Å². The van der Waals surface area contributed by atoms with Crippen molar-refractivity contribution in [3.8, 4) is 6.07 Å². The number of carbonyl (C=O) groups excluding carboxylic acids is 2. The molecule has 2 aliphatic rings. The average molecular weight is 402 g/mol. The zero-order chi connectivity index (χ0) is 20.9. The van der Waals surface area contributed by atoms with E-state index in [0.717, 1.165) is 17.7 Å². The van der Waals surface area contributed by atoms with Gasteiger partial charge in [-0.15, -0.1) is 0 Å². The summed E-state index contributed by atoms with van der Waals surface area (Å²) >= 11 is 0. The molecule has 29 heavy (non-hydrogen) atoms. The minimum Gasteiger partial charge on any atom is -0.343 e. The number of pyridine rings is 1. The predicted octanol–water partition coefficient (Wildman–Crippen LogP) is 3.16. The van der Waals surface area contributed by atoms with E-state index in [-0.39, 0.29) is 0 Å². The van der Waals surface area contributed by atoms with Crippen molar-refractivity contribution in [3.63, 3.8) is 0 Å². The van der Waals surface area contributed by atoms with Gasteiger partial charge in [-0.2, -0.15) is 5.26 Å². The molecule has 0 bridgehead atoms. The molecule has 0 spiro atoms. The first-order valence-corrected chi connectivity index (χ1v) is 9.87. The second kappa shape index (κ2) is 9.12. The maximum Gasteiger partial charge on any atom is 0.268 e. The standard InChI is InChI=1S/C21H24F2N4O2/c22-21(23)10-17(11-24)27(14-21)19(28)13-26-20(29)18-8-9-25-12-16(18)7-6-15-4-2-1-3-5-15/h6-9,12,15,17H,1-5,10,13-14H2,(H,26,29)/b7-6+/t17-/m0/s1. The van der Waals surface area contributed by atoms with Crippen molar-refractivity contribution >= 4 is 17.9 Å². The van der Waals surface area contributed by atoms with Gasteiger partial charge in [0.1, 0.15) is 6.04 Å². The molecule has 1 aliphatic heterocycles. The number of rotatable bonds is 5. The molecule has 2 fully saturated rings. The fraction of sp³-hybridized carbons (Fsp3) is 0.524. The quantitative estimate of drug-likeness (QED) is 0.820. The monoisotopic (exact) mass is 402 g/mol. The summed E-state index contributed by atoms with van der Waals surface area (Å²) in [5, 5.41) is 11.5. The van der Waals surface area contributed by atoms with Crippen LogP contribution in [0.4, 0.5) is 8.78 Å². The van der Waals surface area contributed by atoms with E-state index in [2.05, 4.69) is 16.4 Å². The first-order chi connectivity index (χ1) is 13.9. The highest BCUT2D eigenvalue weighted by Gasteiger charge is 2.47. The van der Waals surface area contributed by atoms with Gasteiger partial charge < -0.3 is 10.2 Å². The lowest BCUT2D eigenvalue weighted by Crippen LogP contribution is -2.43. The molecule has 2 amide bonds. The summed E-state index contributed by atoms with van der Waals surface area (Å²) in [5.41, 5.74) is 1.01. The molecule has 1 aromatic rings. The highest BCUT2D eigenvalue weighted by Crippen LogP contribution is 2.31. The first-order valence-electron chi connectivity index (χ1n) is 9.87. The Bertz CT molecular complexity index is 828. The van der Waals surface area contributed by atoms with Crippen LogP contribution in [-0.4, -0.2) is 46.8 Å². The number of hydrogen-bond acceptors (Lipinski definition) is 4. The summed E-state index contributed by atoms with van der Waals surface area (Å²) in [4.78, 5) is 29.7. The summed E-state index contributed by atoms with van der Waals surface area (Å²) in [6.45, 7) is -1.24. The molecule has 1 N–H and O–H groups in total. The number of halogens is 2. The van der Waals surface area contributed by atoms with Crippen LogP contribution in [0, 0.1) is 17.2 Å². The van der Waals surface area contributed by atoms with Crippen LogP contribution in [0.15, 0.2) is 24.5 Å². The molecule has 0 unspecified atom stereocenters. The molecule has 1 aromatic heterocycles. The summed E-state index contributed by atoms with van der Waals surface area (Å²) in [5.74, 6) is -3.78. The van der Waals surface area contributed by atoms with Crippen molar-refractivity contribution in [2.24, 2.45) is 5.92 Å². The van der Waals surface area contributed by atoms with Gasteiger partial charge in [0, 0.05) is 29.9 Å². The Morgan fingerprint density at radius 2 is 2.10 bits per heavy atom. The third-order valence-electron chi connectivity index (χ3n) is 5.43. The number of carbonyl (C=O) groups is 2. The molecule has 6 nitrogen and oxygen atoms in total. The van der Waals surface area contributed by atoms with E-state index in [9.17, 15) is 18.4 Å². The van der Waals surface area contributed by atoms with Crippen molar-refractivity contribution < 1.29 is 18.4 Å². The van der Waals surface area contributed by atoms with Crippen LogP contribution in [0.1, 0.15) is 54.4 Å². The van der Waals surface area contributed by atoms with Crippen LogP contribution < -0.4 is 5.32 Å². The lowest BCUT2D eigenvalue weighted by atomic mass is 9.88. The SMILES string of the molecule is N#C[C@@H]1CC(F)(F)CN1C(=O)CNC(=O)c1ccncc1/C=C/C1CCCCC1. The zero-order valence-corrected chi connectivity index (χ0v) is 16.1. The molecule has 0 aromatic carbocycles. The molecule has 8 heteroatoms. The Kier molecular flexibility index (Phi) is 6.57. The molecule has 1 atom stereocenters. The van der Waals surface area contributed by atoms with Crippen molar-refractivity contribution in [1.82, 2.24) is 15.2 Å². The minimum atomic E-state index is -3.08. The summed E-state index contributed by atoms with van der Waals surface area (Å²) in [6, 6.07) is 2.10. The molecule has 3 rings (SSSR count). The second-order valence-electron chi connectivity index (χ2n) is 7.63. The lowest BCUT2D eigenvalue weighted by Gasteiger charge is -2.19. The van der Waals surface area contributed by atoms with Crippen LogP contribution in [-0.2, 0) is 4.79 Å². The van der Waals surface area contributed by atoms with Gasteiger partial charge in [0.2, 0.25) is 5.91 Å². The number of hydrogen-bond donors (Lipinski definition) is 1. The number of nitriles is 1. The van der Waals surface area contributed by atoms with Gasteiger partial charge in [0.25, 0.3) is 11.8 Å². The van der Waals surface area contributed by atoms with Gasteiger partial charge >= 0.3 is 0 Å². The fourth-order valence-corrected chi connectivity index (χ4v) is 3.86. The smallest absolute Gasteiger partial charge is 0.268 e.